The van der Waals surface area contributed by atoms with Gasteiger partial charge in [0.1, 0.15) is 17.6 Å². The van der Waals surface area contributed by atoms with Gasteiger partial charge in [-0.1, -0.05) is 13.3 Å². The van der Waals surface area contributed by atoms with Crippen LogP contribution in [0.15, 0.2) is 35.2 Å². The Bertz CT molecular complexity index is 532. The van der Waals surface area contributed by atoms with Crippen LogP contribution in [0.25, 0.3) is 0 Å². The van der Waals surface area contributed by atoms with E-state index >= 15 is 0 Å². The molecule has 0 aromatic carbocycles. The maximum Gasteiger partial charge on any atom is 0.133 e. The zero-order valence-electron chi connectivity index (χ0n) is 12.2. The summed E-state index contributed by atoms with van der Waals surface area (Å²) in [6, 6.07) is 4.00. The van der Waals surface area contributed by atoms with Crippen LogP contribution >= 0.6 is 0 Å². The first-order chi connectivity index (χ1) is 9.74. The average Bonchev–Trinajstić information content (AvgIpc) is 3.14. The van der Waals surface area contributed by atoms with Crippen molar-refractivity contribution in [3.8, 4) is 0 Å². The molecule has 2 aromatic rings. The van der Waals surface area contributed by atoms with Crippen molar-refractivity contribution in [3.63, 3.8) is 0 Å². The molecule has 0 radical (unpaired) electrons. The number of furan rings is 1. The second-order valence-electron chi connectivity index (χ2n) is 6.04. The first kappa shape index (κ1) is 13.4. The molecule has 1 aliphatic rings. The molecule has 20 heavy (non-hydrogen) atoms. The van der Waals surface area contributed by atoms with Crippen LogP contribution in [0.5, 0.6) is 0 Å². The van der Waals surface area contributed by atoms with E-state index in [1.807, 2.05) is 31.6 Å². The highest BCUT2D eigenvalue weighted by molar-refractivity contribution is 5.15. The fourth-order valence-corrected chi connectivity index (χ4v) is 3.22. The Morgan fingerprint density at radius 1 is 1.50 bits per heavy atom. The molecular weight excluding hydrogens is 250 g/mol. The van der Waals surface area contributed by atoms with Gasteiger partial charge in [0, 0.05) is 19.4 Å². The van der Waals surface area contributed by atoms with E-state index in [0.29, 0.717) is 0 Å². The van der Waals surface area contributed by atoms with E-state index in [9.17, 15) is 0 Å². The lowest BCUT2D eigenvalue weighted by Crippen LogP contribution is -2.29. The van der Waals surface area contributed by atoms with Crippen LogP contribution in [0.2, 0.25) is 0 Å². The third-order valence-electron chi connectivity index (χ3n) is 4.36. The van der Waals surface area contributed by atoms with Crippen LogP contribution in [0.1, 0.15) is 43.8 Å². The van der Waals surface area contributed by atoms with Crippen molar-refractivity contribution in [1.82, 2.24) is 14.9 Å². The van der Waals surface area contributed by atoms with Crippen molar-refractivity contribution < 1.29 is 4.42 Å². The third-order valence-corrected chi connectivity index (χ3v) is 4.36. The lowest BCUT2D eigenvalue weighted by Gasteiger charge is -2.19. The van der Waals surface area contributed by atoms with Gasteiger partial charge in [-0.2, -0.15) is 0 Å². The van der Waals surface area contributed by atoms with E-state index in [2.05, 4.69) is 21.8 Å². The van der Waals surface area contributed by atoms with Gasteiger partial charge in [-0.3, -0.25) is 0 Å². The lowest BCUT2D eigenvalue weighted by molar-refractivity contribution is 0.392. The van der Waals surface area contributed by atoms with E-state index in [0.717, 1.165) is 30.0 Å². The zero-order valence-corrected chi connectivity index (χ0v) is 12.2. The predicted molar refractivity (Wildman–Crippen MR) is 78.3 cm³/mol. The SMILES string of the molecule is CC1CCC(CNC(c2ccco2)c2nccn2C)C1. The van der Waals surface area contributed by atoms with E-state index in [4.69, 9.17) is 4.42 Å². The normalized spacial score (nSPS) is 24.1. The van der Waals surface area contributed by atoms with Crippen molar-refractivity contribution in [3.05, 3.63) is 42.4 Å². The fourth-order valence-electron chi connectivity index (χ4n) is 3.22. The largest absolute Gasteiger partial charge is 0.467 e. The molecule has 2 aromatic heterocycles. The molecule has 108 valence electrons. The molecule has 1 N–H and O–H groups in total. The molecule has 1 aliphatic carbocycles. The molecule has 2 heterocycles. The predicted octanol–water partition coefficient (Wildman–Crippen LogP) is 3.13. The molecule has 3 unspecified atom stereocenters. The summed E-state index contributed by atoms with van der Waals surface area (Å²) >= 11 is 0. The number of hydrogen-bond acceptors (Lipinski definition) is 3. The van der Waals surface area contributed by atoms with Crippen LogP contribution in [0.3, 0.4) is 0 Å². The number of aryl methyl sites for hydroxylation is 1. The number of aromatic nitrogens is 2. The Morgan fingerprint density at radius 2 is 2.40 bits per heavy atom. The summed E-state index contributed by atoms with van der Waals surface area (Å²) in [6.45, 7) is 3.38. The number of imidazole rings is 1. The van der Waals surface area contributed by atoms with Crippen molar-refractivity contribution in [2.24, 2.45) is 18.9 Å². The summed E-state index contributed by atoms with van der Waals surface area (Å²) in [5.74, 6) is 3.59. The molecule has 3 rings (SSSR count). The molecule has 1 fully saturated rings. The summed E-state index contributed by atoms with van der Waals surface area (Å²) in [4.78, 5) is 4.47. The molecule has 1 saturated carbocycles. The minimum absolute atomic E-state index is 0.0425. The fraction of sp³-hybridized carbons (Fsp3) is 0.562. The van der Waals surface area contributed by atoms with Crippen LogP contribution in [0.4, 0.5) is 0 Å². The zero-order chi connectivity index (χ0) is 13.9. The van der Waals surface area contributed by atoms with Gasteiger partial charge in [0.15, 0.2) is 0 Å². The molecule has 4 nitrogen and oxygen atoms in total. The van der Waals surface area contributed by atoms with Gasteiger partial charge < -0.3 is 14.3 Å². The van der Waals surface area contributed by atoms with Crippen molar-refractivity contribution in [1.29, 1.82) is 0 Å². The molecule has 4 heteroatoms. The van der Waals surface area contributed by atoms with Crippen molar-refractivity contribution in [2.45, 2.75) is 32.2 Å². The number of rotatable bonds is 5. The molecule has 3 atom stereocenters. The maximum atomic E-state index is 5.59. The number of hydrogen-bond donors (Lipinski definition) is 1. The van der Waals surface area contributed by atoms with E-state index < -0.39 is 0 Å². The molecule has 0 spiro atoms. The standard InChI is InChI=1S/C16H23N3O/c1-12-5-6-13(10-12)11-18-15(14-4-3-9-20-14)16-17-7-8-19(16)2/h3-4,7-9,12-13,15,18H,5-6,10-11H2,1-2H3. The minimum Gasteiger partial charge on any atom is -0.467 e. The first-order valence-corrected chi connectivity index (χ1v) is 7.48. The molecule has 0 amide bonds. The highest BCUT2D eigenvalue weighted by Crippen LogP contribution is 2.30. The summed E-state index contributed by atoms with van der Waals surface area (Å²) < 4.78 is 7.65. The van der Waals surface area contributed by atoms with Gasteiger partial charge >= 0.3 is 0 Å². The van der Waals surface area contributed by atoms with Gasteiger partial charge in [0.2, 0.25) is 0 Å². The molecule has 0 bridgehead atoms. The Morgan fingerprint density at radius 3 is 3.00 bits per heavy atom. The summed E-state index contributed by atoms with van der Waals surface area (Å²) in [5.41, 5.74) is 0. The molecular formula is C16H23N3O. The maximum absolute atomic E-state index is 5.59. The van der Waals surface area contributed by atoms with Crippen molar-refractivity contribution >= 4 is 0 Å². The quantitative estimate of drug-likeness (QED) is 0.910. The Kier molecular flexibility index (Phi) is 3.92. The second kappa shape index (κ2) is 5.83. The van der Waals surface area contributed by atoms with E-state index in [-0.39, 0.29) is 6.04 Å². The number of nitrogens with zero attached hydrogens (tertiary/aromatic N) is 2. The van der Waals surface area contributed by atoms with Gasteiger partial charge in [0.05, 0.1) is 6.26 Å². The van der Waals surface area contributed by atoms with Crippen molar-refractivity contribution in [2.75, 3.05) is 6.54 Å². The molecule has 0 aliphatic heterocycles. The molecule has 0 saturated heterocycles. The number of nitrogens with one attached hydrogen (secondary N) is 1. The monoisotopic (exact) mass is 273 g/mol. The summed E-state index contributed by atoms with van der Waals surface area (Å²) in [7, 11) is 2.03. The lowest BCUT2D eigenvalue weighted by atomic mass is 10.1. The van der Waals surface area contributed by atoms with Crippen LogP contribution < -0.4 is 5.32 Å². The van der Waals surface area contributed by atoms with E-state index in [1.165, 1.54) is 19.3 Å². The summed E-state index contributed by atoms with van der Waals surface area (Å²) in [5, 5.41) is 3.65. The summed E-state index contributed by atoms with van der Waals surface area (Å²) in [6.07, 6.45) is 9.57. The van der Waals surface area contributed by atoms with Crippen LogP contribution in [0, 0.1) is 11.8 Å². The Labute approximate surface area is 120 Å². The topological polar surface area (TPSA) is 43.0 Å². The van der Waals surface area contributed by atoms with Crippen LogP contribution in [-0.2, 0) is 7.05 Å². The van der Waals surface area contributed by atoms with E-state index in [1.54, 1.807) is 6.26 Å². The van der Waals surface area contributed by atoms with Gasteiger partial charge in [-0.05, 0) is 43.4 Å². The van der Waals surface area contributed by atoms with Crippen LogP contribution in [-0.4, -0.2) is 16.1 Å². The second-order valence-corrected chi connectivity index (χ2v) is 6.04. The third kappa shape index (κ3) is 2.80. The Balaban J connectivity index is 1.72. The highest BCUT2D eigenvalue weighted by atomic mass is 16.3. The van der Waals surface area contributed by atoms with Gasteiger partial charge in [-0.25, -0.2) is 4.98 Å². The first-order valence-electron chi connectivity index (χ1n) is 7.48. The highest BCUT2D eigenvalue weighted by Gasteiger charge is 2.25. The van der Waals surface area contributed by atoms with Gasteiger partial charge in [-0.15, -0.1) is 0 Å². The van der Waals surface area contributed by atoms with Gasteiger partial charge in [0.25, 0.3) is 0 Å². The minimum atomic E-state index is 0.0425. The Hall–Kier alpha value is -1.55. The smallest absolute Gasteiger partial charge is 0.133 e. The average molecular weight is 273 g/mol.